The SMILES string of the molecule is Cc1occc1-c1nnc(SCCC(=O)NC(N)=O)n1Cc1ccccc1. The van der Waals surface area contributed by atoms with Gasteiger partial charge in [-0.2, -0.15) is 0 Å². The van der Waals surface area contributed by atoms with Crippen LogP contribution in [0.3, 0.4) is 0 Å². The molecule has 0 saturated heterocycles. The van der Waals surface area contributed by atoms with Gasteiger partial charge in [-0.05, 0) is 18.6 Å². The smallest absolute Gasteiger partial charge is 0.318 e. The van der Waals surface area contributed by atoms with E-state index in [2.05, 4.69) is 10.2 Å². The van der Waals surface area contributed by atoms with E-state index in [9.17, 15) is 9.59 Å². The molecule has 0 radical (unpaired) electrons. The van der Waals surface area contributed by atoms with Gasteiger partial charge in [-0.1, -0.05) is 42.1 Å². The van der Waals surface area contributed by atoms with Crippen LogP contribution in [0.15, 0.2) is 52.2 Å². The van der Waals surface area contributed by atoms with Gasteiger partial charge in [0.25, 0.3) is 0 Å². The lowest BCUT2D eigenvalue weighted by Crippen LogP contribution is -2.35. The summed E-state index contributed by atoms with van der Waals surface area (Å²) in [6, 6.07) is 11.0. The van der Waals surface area contributed by atoms with E-state index in [0.717, 1.165) is 16.9 Å². The third kappa shape index (κ3) is 4.76. The van der Waals surface area contributed by atoms with E-state index in [1.165, 1.54) is 11.8 Å². The molecule has 0 spiro atoms. The van der Waals surface area contributed by atoms with E-state index in [4.69, 9.17) is 10.2 Å². The molecule has 0 fully saturated rings. The molecule has 9 heteroatoms. The molecular weight excluding hydrogens is 366 g/mol. The monoisotopic (exact) mass is 385 g/mol. The third-order valence-corrected chi connectivity index (χ3v) is 4.79. The molecule has 2 aromatic heterocycles. The Morgan fingerprint density at radius 2 is 2.00 bits per heavy atom. The third-order valence-electron chi connectivity index (χ3n) is 3.82. The van der Waals surface area contributed by atoms with Gasteiger partial charge in [0.15, 0.2) is 11.0 Å². The molecule has 0 saturated carbocycles. The first kappa shape index (κ1) is 18.7. The number of urea groups is 1. The molecule has 3 N–H and O–H groups in total. The fraction of sp³-hybridized carbons (Fsp3) is 0.222. The number of amides is 3. The van der Waals surface area contributed by atoms with Gasteiger partial charge in [0.1, 0.15) is 5.76 Å². The van der Waals surface area contributed by atoms with Gasteiger partial charge in [-0.25, -0.2) is 4.79 Å². The van der Waals surface area contributed by atoms with Crippen molar-refractivity contribution >= 4 is 23.7 Å². The van der Waals surface area contributed by atoms with Crippen LogP contribution in [0.4, 0.5) is 4.79 Å². The Bertz CT molecular complexity index is 936. The summed E-state index contributed by atoms with van der Waals surface area (Å²) in [7, 11) is 0. The van der Waals surface area contributed by atoms with Gasteiger partial charge in [-0.15, -0.1) is 10.2 Å². The molecule has 140 valence electrons. The molecular formula is C18H19N5O3S. The lowest BCUT2D eigenvalue weighted by atomic mass is 10.2. The van der Waals surface area contributed by atoms with Crippen LogP contribution >= 0.6 is 11.8 Å². The summed E-state index contributed by atoms with van der Waals surface area (Å²) in [5, 5.41) is 11.3. The van der Waals surface area contributed by atoms with Crippen molar-refractivity contribution in [3.05, 3.63) is 54.0 Å². The number of furan rings is 1. The minimum atomic E-state index is -0.852. The molecule has 0 unspecified atom stereocenters. The maximum atomic E-state index is 11.6. The highest BCUT2D eigenvalue weighted by atomic mass is 32.2. The quantitative estimate of drug-likeness (QED) is 0.604. The van der Waals surface area contributed by atoms with Crippen LogP contribution in [0, 0.1) is 6.92 Å². The van der Waals surface area contributed by atoms with E-state index in [0.29, 0.717) is 23.3 Å². The van der Waals surface area contributed by atoms with Gasteiger partial charge in [0.05, 0.1) is 18.4 Å². The van der Waals surface area contributed by atoms with Crippen molar-refractivity contribution in [1.29, 1.82) is 0 Å². The van der Waals surface area contributed by atoms with Crippen LogP contribution in [0.1, 0.15) is 17.7 Å². The molecule has 27 heavy (non-hydrogen) atoms. The number of nitrogens with zero attached hydrogens (tertiary/aromatic N) is 3. The number of carbonyl (C=O) groups is 2. The van der Waals surface area contributed by atoms with E-state index in [1.807, 2.05) is 53.2 Å². The Morgan fingerprint density at radius 1 is 1.22 bits per heavy atom. The molecule has 3 aromatic rings. The van der Waals surface area contributed by atoms with Crippen molar-refractivity contribution in [1.82, 2.24) is 20.1 Å². The Balaban J connectivity index is 1.81. The summed E-state index contributed by atoms with van der Waals surface area (Å²) in [6.07, 6.45) is 1.76. The average molecular weight is 385 g/mol. The maximum Gasteiger partial charge on any atom is 0.318 e. The minimum Gasteiger partial charge on any atom is -0.469 e. The molecule has 3 amide bonds. The fourth-order valence-corrected chi connectivity index (χ4v) is 3.43. The number of hydrogen-bond donors (Lipinski definition) is 2. The summed E-state index contributed by atoms with van der Waals surface area (Å²) in [5.74, 6) is 1.48. The normalized spacial score (nSPS) is 10.7. The van der Waals surface area contributed by atoms with E-state index < -0.39 is 11.9 Å². The largest absolute Gasteiger partial charge is 0.469 e. The van der Waals surface area contributed by atoms with Gasteiger partial charge in [-0.3, -0.25) is 14.7 Å². The minimum absolute atomic E-state index is 0.145. The number of aromatic nitrogens is 3. The van der Waals surface area contributed by atoms with Crippen LogP contribution in [0.5, 0.6) is 0 Å². The summed E-state index contributed by atoms with van der Waals surface area (Å²) in [4.78, 5) is 22.3. The first-order chi connectivity index (χ1) is 13.0. The molecule has 0 aliphatic carbocycles. The van der Waals surface area contributed by atoms with Gasteiger partial charge < -0.3 is 10.2 Å². The first-order valence-electron chi connectivity index (χ1n) is 8.28. The number of nitrogens with two attached hydrogens (primary N) is 1. The Hall–Kier alpha value is -3.07. The van der Waals surface area contributed by atoms with Crippen LogP contribution in [0.25, 0.3) is 11.4 Å². The highest BCUT2D eigenvalue weighted by Gasteiger charge is 2.18. The average Bonchev–Trinajstić information content (AvgIpc) is 3.21. The number of rotatable bonds is 7. The van der Waals surface area contributed by atoms with Crippen molar-refractivity contribution in [3.63, 3.8) is 0 Å². The number of imide groups is 1. The Labute approximate surface area is 160 Å². The van der Waals surface area contributed by atoms with E-state index >= 15 is 0 Å². The second-order valence-electron chi connectivity index (χ2n) is 5.78. The van der Waals surface area contributed by atoms with E-state index in [1.54, 1.807) is 6.26 Å². The van der Waals surface area contributed by atoms with E-state index in [-0.39, 0.29) is 6.42 Å². The number of primary amides is 1. The maximum absolute atomic E-state index is 11.6. The predicted octanol–water partition coefficient (Wildman–Crippen LogP) is 2.57. The number of aryl methyl sites for hydroxylation is 1. The van der Waals surface area contributed by atoms with Gasteiger partial charge >= 0.3 is 6.03 Å². The number of hydrogen-bond acceptors (Lipinski definition) is 6. The second-order valence-corrected chi connectivity index (χ2v) is 6.84. The highest BCUT2D eigenvalue weighted by Crippen LogP contribution is 2.28. The zero-order valence-electron chi connectivity index (χ0n) is 14.7. The lowest BCUT2D eigenvalue weighted by Gasteiger charge is -2.10. The molecule has 0 bridgehead atoms. The summed E-state index contributed by atoms with van der Waals surface area (Å²) >= 11 is 1.39. The molecule has 1 aromatic carbocycles. The van der Waals surface area contributed by atoms with Gasteiger partial charge in [0, 0.05) is 12.2 Å². The van der Waals surface area contributed by atoms with Gasteiger partial charge in [0.2, 0.25) is 5.91 Å². The lowest BCUT2D eigenvalue weighted by molar-refractivity contribution is -0.119. The van der Waals surface area contributed by atoms with Crippen LogP contribution in [0.2, 0.25) is 0 Å². The topological polar surface area (TPSA) is 116 Å². The molecule has 8 nitrogen and oxygen atoms in total. The second kappa shape index (κ2) is 8.54. The first-order valence-corrected chi connectivity index (χ1v) is 9.27. The van der Waals surface area contributed by atoms with Crippen molar-refractivity contribution in [2.45, 2.75) is 25.0 Å². The number of benzene rings is 1. The zero-order chi connectivity index (χ0) is 19.2. The predicted molar refractivity (Wildman–Crippen MR) is 101 cm³/mol. The highest BCUT2D eigenvalue weighted by molar-refractivity contribution is 7.99. The molecule has 2 heterocycles. The Morgan fingerprint density at radius 3 is 2.67 bits per heavy atom. The zero-order valence-corrected chi connectivity index (χ0v) is 15.5. The van der Waals surface area contributed by atoms with Crippen molar-refractivity contribution in [3.8, 4) is 11.4 Å². The number of nitrogens with one attached hydrogen (secondary N) is 1. The van der Waals surface area contributed by atoms with Crippen LogP contribution in [-0.2, 0) is 11.3 Å². The van der Waals surface area contributed by atoms with Crippen molar-refractivity contribution in [2.75, 3.05) is 5.75 Å². The Kier molecular flexibility index (Phi) is 5.92. The van der Waals surface area contributed by atoms with Crippen LogP contribution < -0.4 is 11.1 Å². The molecule has 0 aliphatic rings. The number of carbonyl (C=O) groups excluding carboxylic acids is 2. The fourth-order valence-electron chi connectivity index (χ4n) is 2.56. The molecule has 0 aliphatic heterocycles. The number of thioether (sulfide) groups is 1. The molecule has 3 rings (SSSR count). The molecule has 0 atom stereocenters. The standard InChI is InChI=1S/C18H19N5O3S/c1-12-14(7-9-26-12)16-21-22-18(27-10-8-15(24)20-17(19)25)23(16)11-13-5-3-2-4-6-13/h2-7,9H,8,10-11H2,1H3,(H3,19,20,24,25). The summed E-state index contributed by atoms with van der Waals surface area (Å²) in [6.45, 7) is 2.46. The van der Waals surface area contributed by atoms with Crippen molar-refractivity contribution < 1.29 is 14.0 Å². The van der Waals surface area contributed by atoms with Crippen molar-refractivity contribution in [2.24, 2.45) is 5.73 Å². The van der Waals surface area contributed by atoms with Crippen LogP contribution in [-0.4, -0.2) is 32.5 Å². The summed E-state index contributed by atoms with van der Waals surface area (Å²) < 4.78 is 7.39. The summed E-state index contributed by atoms with van der Waals surface area (Å²) in [5.41, 5.74) is 6.92.